The summed E-state index contributed by atoms with van der Waals surface area (Å²) >= 11 is 6.00. The van der Waals surface area contributed by atoms with Gasteiger partial charge in [-0.05, 0) is 42.3 Å². The topological polar surface area (TPSA) is 84.1 Å². The lowest BCUT2D eigenvalue weighted by Gasteiger charge is -2.12. The van der Waals surface area contributed by atoms with Crippen molar-refractivity contribution in [3.8, 4) is 17.1 Å². The summed E-state index contributed by atoms with van der Waals surface area (Å²) in [5.74, 6) is 0.907. The highest BCUT2D eigenvalue weighted by molar-refractivity contribution is 6.30. The van der Waals surface area contributed by atoms with E-state index in [1.807, 2.05) is 19.1 Å². The highest BCUT2D eigenvalue weighted by atomic mass is 35.5. The number of nitrogens with zero attached hydrogens (tertiary/aromatic N) is 1. The van der Waals surface area contributed by atoms with Crippen molar-refractivity contribution in [2.24, 2.45) is 0 Å². The number of halogens is 1. The number of H-pyrrole nitrogens is 1. The van der Waals surface area contributed by atoms with Gasteiger partial charge < -0.3 is 15.0 Å². The Hall–Kier alpha value is -3.12. The number of anilines is 1. The first-order valence-electron chi connectivity index (χ1n) is 8.98. The van der Waals surface area contributed by atoms with Crippen LogP contribution in [0.1, 0.15) is 18.2 Å². The Morgan fingerprint density at radius 2 is 2.14 bits per heavy atom. The van der Waals surface area contributed by atoms with E-state index in [4.69, 9.17) is 16.3 Å². The second kappa shape index (κ2) is 7.48. The van der Waals surface area contributed by atoms with Crippen LogP contribution in [0.5, 0.6) is 5.75 Å². The largest absolute Gasteiger partial charge is 0.480 e. The van der Waals surface area contributed by atoms with E-state index in [2.05, 4.69) is 15.3 Å². The Kier molecular flexibility index (Phi) is 4.88. The highest BCUT2D eigenvalue weighted by Gasteiger charge is 2.29. The Bertz CT molecular complexity index is 1110. The van der Waals surface area contributed by atoms with Crippen LogP contribution in [0.3, 0.4) is 0 Å². The fourth-order valence-electron chi connectivity index (χ4n) is 3.16. The molecule has 1 aliphatic rings. The van der Waals surface area contributed by atoms with Crippen molar-refractivity contribution >= 4 is 23.2 Å². The molecule has 1 aliphatic heterocycles. The summed E-state index contributed by atoms with van der Waals surface area (Å²) in [6, 6.07) is 14.0. The number of ether oxygens (including phenoxy) is 1. The summed E-state index contributed by atoms with van der Waals surface area (Å²) in [5, 5.41) is 3.49. The van der Waals surface area contributed by atoms with E-state index in [0.29, 0.717) is 46.4 Å². The van der Waals surface area contributed by atoms with Crippen molar-refractivity contribution in [2.45, 2.75) is 25.9 Å². The van der Waals surface area contributed by atoms with Crippen molar-refractivity contribution in [1.82, 2.24) is 9.97 Å². The van der Waals surface area contributed by atoms with Crippen LogP contribution in [0.25, 0.3) is 11.4 Å². The molecule has 0 bridgehead atoms. The van der Waals surface area contributed by atoms with Crippen LogP contribution in [0.4, 0.5) is 5.69 Å². The van der Waals surface area contributed by atoms with E-state index in [1.165, 1.54) is 6.07 Å². The van der Waals surface area contributed by atoms with Gasteiger partial charge in [0.25, 0.3) is 11.5 Å². The summed E-state index contributed by atoms with van der Waals surface area (Å²) in [6.07, 6.45) is 0.518. The minimum atomic E-state index is -0.613. The molecule has 1 atom stereocenters. The molecule has 1 aromatic heterocycles. The Morgan fingerprint density at radius 3 is 2.96 bits per heavy atom. The molecule has 1 amide bonds. The number of amides is 1. The summed E-state index contributed by atoms with van der Waals surface area (Å²) in [4.78, 5) is 31.6. The molecule has 7 heteroatoms. The van der Waals surface area contributed by atoms with Gasteiger partial charge in [-0.15, -0.1) is 0 Å². The van der Waals surface area contributed by atoms with Gasteiger partial charge in [0, 0.05) is 34.5 Å². The summed E-state index contributed by atoms with van der Waals surface area (Å²) in [5.41, 5.74) is 2.74. The molecule has 0 spiro atoms. The lowest BCUT2D eigenvalue weighted by Crippen LogP contribution is -2.31. The third kappa shape index (κ3) is 3.77. The van der Waals surface area contributed by atoms with Crippen molar-refractivity contribution in [3.63, 3.8) is 0 Å². The van der Waals surface area contributed by atoms with Crippen LogP contribution in [0.15, 0.2) is 53.3 Å². The average molecular weight is 396 g/mol. The number of hydrogen-bond acceptors (Lipinski definition) is 4. The fraction of sp³-hybridized carbons (Fsp3) is 0.190. The smallest absolute Gasteiger partial charge is 0.265 e. The van der Waals surface area contributed by atoms with Crippen molar-refractivity contribution in [3.05, 3.63) is 75.2 Å². The first-order chi connectivity index (χ1) is 13.5. The Balaban J connectivity index is 1.52. The minimum absolute atomic E-state index is 0.202. The molecule has 0 aliphatic carbocycles. The van der Waals surface area contributed by atoms with E-state index in [0.717, 1.165) is 5.56 Å². The molecule has 2 aromatic carbocycles. The molecule has 2 heterocycles. The number of carbonyl (C=O) groups is 1. The SMILES string of the molecule is CCc1cc(=O)[nH]c(-c2cccc(NC(=O)C3Cc4cc(Cl)ccc4O3)c2)n1. The molecule has 4 rings (SSSR count). The monoisotopic (exact) mass is 395 g/mol. The van der Waals surface area contributed by atoms with Gasteiger partial charge in [0.1, 0.15) is 11.6 Å². The quantitative estimate of drug-likeness (QED) is 0.707. The van der Waals surface area contributed by atoms with E-state index in [-0.39, 0.29) is 11.5 Å². The maximum Gasteiger partial charge on any atom is 0.265 e. The van der Waals surface area contributed by atoms with Gasteiger partial charge in [0.2, 0.25) is 0 Å². The van der Waals surface area contributed by atoms with E-state index in [1.54, 1.807) is 30.3 Å². The standard InChI is InChI=1S/C21H18ClN3O3/c1-2-15-11-19(26)25-20(23-15)12-4-3-5-16(9-12)24-21(27)18-10-13-8-14(22)6-7-17(13)28-18/h3-9,11,18H,2,10H2,1H3,(H,24,27)(H,23,25,26). The number of fused-ring (bicyclic) bond motifs is 1. The summed E-state index contributed by atoms with van der Waals surface area (Å²) in [6.45, 7) is 1.94. The lowest BCUT2D eigenvalue weighted by atomic mass is 10.1. The molecule has 0 radical (unpaired) electrons. The number of rotatable bonds is 4. The predicted octanol–water partition coefficient (Wildman–Crippen LogP) is 3.59. The zero-order valence-electron chi connectivity index (χ0n) is 15.2. The number of aryl methyl sites for hydroxylation is 1. The van der Waals surface area contributed by atoms with Gasteiger partial charge in [-0.2, -0.15) is 0 Å². The Labute approximate surface area is 166 Å². The first-order valence-corrected chi connectivity index (χ1v) is 9.36. The molecule has 0 fully saturated rings. The zero-order chi connectivity index (χ0) is 19.7. The van der Waals surface area contributed by atoms with Gasteiger partial charge in [0.05, 0.1) is 0 Å². The number of benzene rings is 2. The molecule has 0 saturated heterocycles. The molecule has 1 unspecified atom stereocenters. The minimum Gasteiger partial charge on any atom is -0.480 e. The van der Waals surface area contributed by atoms with Gasteiger partial charge in [-0.3, -0.25) is 9.59 Å². The molecule has 142 valence electrons. The lowest BCUT2D eigenvalue weighted by molar-refractivity contribution is -0.122. The summed E-state index contributed by atoms with van der Waals surface area (Å²) in [7, 11) is 0. The molecule has 0 saturated carbocycles. The van der Waals surface area contributed by atoms with E-state index >= 15 is 0 Å². The van der Waals surface area contributed by atoms with Crippen molar-refractivity contribution in [2.75, 3.05) is 5.32 Å². The van der Waals surface area contributed by atoms with Crippen LogP contribution in [-0.2, 0) is 17.6 Å². The van der Waals surface area contributed by atoms with Crippen LogP contribution >= 0.6 is 11.6 Å². The predicted molar refractivity (Wildman–Crippen MR) is 108 cm³/mol. The van der Waals surface area contributed by atoms with Crippen LogP contribution < -0.4 is 15.6 Å². The number of aromatic amines is 1. The summed E-state index contributed by atoms with van der Waals surface area (Å²) < 4.78 is 5.73. The fourth-order valence-corrected chi connectivity index (χ4v) is 3.35. The van der Waals surface area contributed by atoms with Crippen molar-refractivity contribution in [1.29, 1.82) is 0 Å². The number of aromatic nitrogens is 2. The Morgan fingerprint density at radius 1 is 1.29 bits per heavy atom. The van der Waals surface area contributed by atoms with Crippen LogP contribution in [-0.4, -0.2) is 22.0 Å². The molecule has 6 nitrogen and oxygen atoms in total. The van der Waals surface area contributed by atoms with Gasteiger partial charge in [0.15, 0.2) is 6.10 Å². The second-order valence-electron chi connectivity index (χ2n) is 6.57. The zero-order valence-corrected chi connectivity index (χ0v) is 15.9. The average Bonchev–Trinajstić information content (AvgIpc) is 3.11. The number of nitrogens with one attached hydrogen (secondary N) is 2. The molecular formula is C21H18ClN3O3. The molecule has 3 aromatic rings. The number of carbonyl (C=O) groups excluding carboxylic acids is 1. The normalized spacial score (nSPS) is 15.0. The molecule has 28 heavy (non-hydrogen) atoms. The van der Waals surface area contributed by atoms with E-state index < -0.39 is 6.10 Å². The second-order valence-corrected chi connectivity index (χ2v) is 7.01. The number of hydrogen-bond donors (Lipinski definition) is 2. The third-order valence-electron chi connectivity index (χ3n) is 4.55. The third-order valence-corrected chi connectivity index (χ3v) is 4.79. The van der Waals surface area contributed by atoms with Crippen molar-refractivity contribution < 1.29 is 9.53 Å². The van der Waals surface area contributed by atoms with Gasteiger partial charge >= 0.3 is 0 Å². The van der Waals surface area contributed by atoms with Gasteiger partial charge in [-0.1, -0.05) is 30.7 Å². The highest BCUT2D eigenvalue weighted by Crippen LogP contribution is 2.31. The van der Waals surface area contributed by atoms with Crippen LogP contribution in [0.2, 0.25) is 5.02 Å². The first kappa shape index (κ1) is 18.3. The molecular weight excluding hydrogens is 378 g/mol. The van der Waals surface area contributed by atoms with Gasteiger partial charge in [-0.25, -0.2) is 4.98 Å². The molecule has 2 N–H and O–H groups in total. The maximum absolute atomic E-state index is 12.6. The van der Waals surface area contributed by atoms with Crippen LogP contribution in [0, 0.1) is 0 Å². The van der Waals surface area contributed by atoms with E-state index in [9.17, 15) is 9.59 Å². The maximum atomic E-state index is 12.6.